The molecule has 1 unspecified atom stereocenters. The number of nitrogens with zero attached hydrogens (tertiary/aromatic N) is 3. The molecule has 2 aromatic carbocycles. The Bertz CT molecular complexity index is 1100. The van der Waals surface area contributed by atoms with Gasteiger partial charge in [-0.1, -0.05) is 30.3 Å². The van der Waals surface area contributed by atoms with E-state index in [2.05, 4.69) is 16.5 Å². The van der Waals surface area contributed by atoms with E-state index in [4.69, 9.17) is 9.84 Å². The average molecular weight is 475 g/mol. The van der Waals surface area contributed by atoms with E-state index in [0.717, 1.165) is 36.9 Å². The Hall–Kier alpha value is -3.91. The molecule has 4 rings (SSSR count). The first-order valence-electron chi connectivity index (χ1n) is 11.8. The van der Waals surface area contributed by atoms with E-state index in [-0.39, 0.29) is 12.6 Å². The predicted octanol–water partition coefficient (Wildman–Crippen LogP) is 4.75. The van der Waals surface area contributed by atoms with Crippen molar-refractivity contribution in [3.05, 3.63) is 84.2 Å². The second-order valence-electron chi connectivity index (χ2n) is 8.60. The molecule has 2 amide bonds. The highest BCUT2D eigenvalue weighted by atomic mass is 16.5. The minimum Gasteiger partial charge on any atom is -0.482 e. The maximum absolute atomic E-state index is 13.3. The summed E-state index contributed by atoms with van der Waals surface area (Å²) in [5.41, 5.74) is 6.73. The van der Waals surface area contributed by atoms with Gasteiger partial charge in [-0.15, -0.1) is 0 Å². The number of hydrogen-bond acceptors (Lipinski definition) is 5. The van der Waals surface area contributed by atoms with Crippen LogP contribution in [0.2, 0.25) is 0 Å². The van der Waals surface area contributed by atoms with Crippen LogP contribution in [0.3, 0.4) is 0 Å². The number of carbonyl (C=O) groups excluding carboxylic acids is 1. The van der Waals surface area contributed by atoms with Gasteiger partial charge in [-0.25, -0.2) is 14.6 Å². The third kappa shape index (κ3) is 6.16. The molecule has 2 N–H and O–H groups in total. The zero-order valence-corrected chi connectivity index (χ0v) is 19.8. The van der Waals surface area contributed by atoms with E-state index in [1.54, 1.807) is 23.4 Å². The van der Waals surface area contributed by atoms with Crippen molar-refractivity contribution in [1.29, 1.82) is 0 Å². The van der Waals surface area contributed by atoms with E-state index in [1.165, 1.54) is 5.56 Å². The highest BCUT2D eigenvalue weighted by molar-refractivity contribution is 5.98. The van der Waals surface area contributed by atoms with E-state index in [0.29, 0.717) is 23.9 Å². The summed E-state index contributed by atoms with van der Waals surface area (Å²) in [6.45, 7) is 0.316. The first-order valence-corrected chi connectivity index (χ1v) is 11.8. The molecule has 0 fully saturated rings. The lowest BCUT2D eigenvalue weighted by Crippen LogP contribution is -2.46. The summed E-state index contributed by atoms with van der Waals surface area (Å²) in [7, 11) is 1.86. The Balaban J connectivity index is 1.41. The lowest BCUT2D eigenvalue weighted by Gasteiger charge is -2.30. The number of aromatic nitrogens is 1. The Kier molecular flexibility index (Phi) is 7.95. The fourth-order valence-electron chi connectivity index (χ4n) is 4.55. The lowest BCUT2D eigenvalue weighted by atomic mass is 9.80. The van der Waals surface area contributed by atoms with Crippen molar-refractivity contribution in [3.63, 3.8) is 0 Å². The quantitative estimate of drug-likeness (QED) is 0.435. The van der Waals surface area contributed by atoms with Crippen molar-refractivity contribution >= 4 is 23.4 Å². The van der Waals surface area contributed by atoms with Gasteiger partial charge in [0.25, 0.3) is 0 Å². The fraction of sp³-hybridized carbons (Fsp3) is 0.296. The number of carboxylic acids is 1. The topological polar surface area (TPSA) is 95.0 Å². The number of urea groups is 1. The van der Waals surface area contributed by atoms with Gasteiger partial charge < -0.3 is 9.84 Å². The molecule has 182 valence electrons. The maximum Gasteiger partial charge on any atom is 0.341 e. The highest BCUT2D eigenvalue weighted by Gasteiger charge is 2.24. The number of anilines is 2. The zero-order valence-electron chi connectivity index (χ0n) is 19.8. The number of carbonyl (C=O) groups is 2. The molecule has 0 bridgehead atoms. The number of ether oxygens (including phenoxy) is 1. The summed E-state index contributed by atoms with van der Waals surface area (Å²) in [6.07, 6.45) is 7.13. The number of benzene rings is 2. The largest absolute Gasteiger partial charge is 0.482 e. The van der Waals surface area contributed by atoms with Crippen molar-refractivity contribution in [2.75, 3.05) is 25.1 Å². The van der Waals surface area contributed by atoms with Crippen molar-refractivity contribution in [3.8, 4) is 5.75 Å². The Labute approximate surface area is 205 Å². The number of amides is 2. The van der Waals surface area contributed by atoms with Crippen LogP contribution < -0.4 is 15.1 Å². The van der Waals surface area contributed by atoms with Gasteiger partial charge in [0.15, 0.2) is 6.61 Å². The van der Waals surface area contributed by atoms with E-state index < -0.39 is 5.97 Å². The zero-order chi connectivity index (χ0) is 24.6. The summed E-state index contributed by atoms with van der Waals surface area (Å²) in [5.74, 6) is -0.00980. The number of hydrazine groups is 1. The molecule has 8 heteroatoms. The Morgan fingerprint density at radius 1 is 1.09 bits per heavy atom. The van der Waals surface area contributed by atoms with Gasteiger partial charge in [-0.05, 0) is 73.1 Å². The number of pyridine rings is 1. The van der Waals surface area contributed by atoms with Crippen LogP contribution in [-0.4, -0.2) is 47.3 Å². The van der Waals surface area contributed by atoms with Gasteiger partial charge >= 0.3 is 12.0 Å². The molecule has 0 saturated heterocycles. The monoisotopic (exact) mass is 474 g/mol. The van der Waals surface area contributed by atoms with Gasteiger partial charge in [0, 0.05) is 19.8 Å². The molecule has 3 aromatic rings. The molecule has 8 nitrogen and oxygen atoms in total. The molecule has 1 aliphatic carbocycles. The second kappa shape index (κ2) is 11.5. The number of fused-ring (bicyclic) bond motifs is 1. The highest BCUT2D eigenvalue weighted by Crippen LogP contribution is 2.38. The molecular formula is C27H30N4O4. The van der Waals surface area contributed by atoms with Crippen LogP contribution in [0.5, 0.6) is 5.75 Å². The number of para-hydroxylation sites is 1. The third-order valence-electron chi connectivity index (χ3n) is 6.16. The van der Waals surface area contributed by atoms with E-state index in [9.17, 15) is 9.59 Å². The summed E-state index contributed by atoms with van der Waals surface area (Å²) in [5, 5.41) is 10.8. The SMILES string of the molecule is CN(CCC1CCCc2c(OCC(=O)O)cccc21)NC(=O)N(c1ccccc1)c1cccnc1. The van der Waals surface area contributed by atoms with Gasteiger partial charge in [0.05, 0.1) is 17.6 Å². The van der Waals surface area contributed by atoms with Crippen LogP contribution in [0, 0.1) is 0 Å². The van der Waals surface area contributed by atoms with Crippen molar-refractivity contribution < 1.29 is 19.4 Å². The summed E-state index contributed by atoms with van der Waals surface area (Å²) >= 11 is 0. The van der Waals surface area contributed by atoms with Gasteiger partial charge in [-0.2, -0.15) is 0 Å². The molecule has 0 radical (unpaired) electrons. The first-order chi connectivity index (χ1) is 17.0. The standard InChI is InChI=1S/C27H30N4O4/c1-30(29-27(34)31(21-9-3-2-4-10-21)22-11-7-16-28-18-22)17-15-20-8-5-13-24-23(20)12-6-14-25(24)35-19-26(32)33/h2-4,6-7,9-12,14,16,18,20H,5,8,13,15,17,19H2,1H3,(H,29,34)(H,32,33). The Morgan fingerprint density at radius 2 is 1.89 bits per heavy atom. The minimum absolute atomic E-state index is 0.264. The number of nitrogens with one attached hydrogen (secondary N) is 1. The minimum atomic E-state index is -0.983. The second-order valence-corrected chi connectivity index (χ2v) is 8.60. The van der Waals surface area contributed by atoms with Crippen LogP contribution in [0.15, 0.2) is 73.1 Å². The molecule has 1 aromatic heterocycles. The molecule has 0 aliphatic heterocycles. The lowest BCUT2D eigenvalue weighted by molar-refractivity contribution is -0.139. The van der Waals surface area contributed by atoms with E-state index >= 15 is 0 Å². The molecule has 35 heavy (non-hydrogen) atoms. The predicted molar refractivity (Wildman–Crippen MR) is 134 cm³/mol. The number of hydrogen-bond donors (Lipinski definition) is 2. The fourth-order valence-corrected chi connectivity index (χ4v) is 4.55. The summed E-state index contributed by atoms with van der Waals surface area (Å²) < 4.78 is 5.53. The van der Waals surface area contributed by atoms with E-state index in [1.807, 2.05) is 60.6 Å². The summed E-state index contributed by atoms with van der Waals surface area (Å²) in [6, 6.07) is 18.7. The van der Waals surface area contributed by atoms with Gasteiger partial charge in [-0.3, -0.25) is 15.3 Å². The van der Waals surface area contributed by atoms with Crippen molar-refractivity contribution in [2.45, 2.75) is 31.6 Å². The van der Waals surface area contributed by atoms with Crippen LogP contribution in [0.4, 0.5) is 16.2 Å². The molecule has 0 spiro atoms. The average Bonchev–Trinajstić information content (AvgIpc) is 2.87. The van der Waals surface area contributed by atoms with Crippen molar-refractivity contribution in [2.24, 2.45) is 0 Å². The molecule has 1 atom stereocenters. The maximum atomic E-state index is 13.3. The van der Waals surface area contributed by atoms with Crippen molar-refractivity contribution in [1.82, 2.24) is 15.4 Å². The number of rotatable bonds is 9. The Morgan fingerprint density at radius 3 is 2.63 bits per heavy atom. The van der Waals surface area contributed by atoms with Crippen LogP contribution in [-0.2, 0) is 11.2 Å². The molecule has 1 heterocycles. The van der Waals surface area contributed by atoms with Gasteiger partial charge in [0.1, 0.15) is 5.75 Å². The number of carboxylic acid groups (broad SMARTS) is 1. The summed E-state index contributed by atoms with van der Waals surface area (Å²) in [4.78, 5) is 30.0. The smallest absolute Gasteiger partial charge is 0.341 e. The molecular weight excluding hydrogens is 444 g/mol. The molecule has 1 aliphatic rings. The van der Waals surface area contributed by atoms with Crippen LogP contribution >= 0.6 is 0 Å². The molecule has 0 saturated carbocycles. The first kappa shape index (κ1) is 24.2. The van der Waals surface area contributed by atoms with Crippen LogP contribution in [0.1, 0.15) is 36.3 Å². The number of aliphatic carboxylic acids is 1. The van der Waals surface area contributed by atoms with Crippen LogP contribution in [0.25, 0.3) is 0 Å². The third-order valence-corrected chi connectivity index (χ3v) is 6.16. The normalized spacial score (nSPS) is 14.7. The van der Waals surface area contributed by atoms with Gasteiger partial charge in [0.2, 0.25) is 0 Å².